The first kappa shape index (κ1) is 6.58. The zero-order valence-corrected chi connectivity index (χ0v) is 6.01. The summed E-state index contributed by atoms with van der Waals surface area (Å²) in [5.74, 6) is 0.604. The van der Waals surface area contributed by atoms with Gasteiger partial charge in [-0.05, 0) is 18.8 Å². The molecule has 10 heavy (non-hydrogen) atoms. The van der Waals surface area contributed by atoms with Gasteiger partial charge in [-0.3, -0.25) is 0 Å². The van der Waals surface area contributed by atoms with Crippen molar-refractivity contribution in [3.05, 3.63) is 0 Å². The largest absolute Gasteiger partial charge is 0.386 e. The Balaban J connectivity index is 1.95. The van der Waals surface area contributed by atoms with E-state index in [0.717, 1.165) is 0 Å². The Morgan fingerprint density at radius 3 is 2.40 bits per heavy atom. The molecule has 3 heteroatoms. The van der Waals surface area contributed by atoms with Gasteiger partial charge in [-0.25, -0.2) is 0 Å². The molecule has 0 bridgehead atoms. The van der Waals surface area contributed by atoms with Gasteiger partial charge < -0.3 is 16.2 Å². The van der Waals surface area contributed by atoms with E-state index in [1.165, 1.54) is 12.8 Å². The van der Waals surface area contributed by atoms with Crippen molar-refractivity contribution < 1.29 is 5.11 Å². The molecule has 0 amide bonds. The zero-order valence-electron chi connectivity index (χ0n) is 6.01. The van der Waals surface area contributed by atoms with E-state index in [0.29, 0.717) is 19.0 Å². The molecule has 0 aromatic heterocycles. The minimum absolute atomic E-state index is 0.0220. The van der Waals surface area contributed by atoms with Crippen LogP contribution in [0, 0.1) is 5.92 Å². The molecule has 0 radical (unpaired) electrons. The highest BCUT2D eigenvalue weighted by Gasteiger charge is 2.47. The normalized spacial score (nSPS) is 33.0. The first-order valence-electron chi connectivity index (χ1n) is 3.91. The molecule has 4 N–H and O–H groups in total. The van der Waals surface area contributed by atoms with Crippen LogP contribution in [0.1, 0.15) is 12.8 Å². The van der Waals surface area contributed by atoms with Crippen molar-refractivity contribution >= 4 is 0 Å². The maximum Gasteiger partial charge on any atom is 0.105 e. The van der Waals surface area contributed by atoms with Gasteiger partial charge in [-0.15, -0.1) is 0 Å². The fraction of sp³-hybridized carbons (Fsp3) is 1.00. The monoisotopic (exact) mass is 142 g/mol. The van der Waals surface area contributed by atoms with Gasteiger partial charge in [0.15, 0.2) is 0 Å². The molecule has 1 saturated carbocycles. The van der Waals surface area contributed by atoms with Crippen LogP contribution < -0.4 is 11.1 Å². The van der Waals surface area contributed by atoms with Crippen LogP contribution in [0.3, 0.4) is 0 Å². The third-order valence-corrected chi connectivity index (χ3v) is 2.61. The number of rotatable bonds is 2. The van der Waals surface area contributed by atoms with Crippen molar-refractivity contribution in [3.63, 3.8) is 0 Å². The van der Waals surface area contributed by atoms with Crippen LogP contribution in [0.25, 0.3) is 0 Å². The third-order valence-electron chi connectivity index (χ3n) is 2.61. The molecule has 0 aromatic carbocycles. The SMILES string of the molecule is NC(C1CC1)C1(O)CNC1. The second-order valence-electron chi connectivity index (χ2n) is 3.57. The lowest BCUT2D eigenvalue weighted by atomic mass is 9.86. The molecule has 2 rings (SSSR count). The van der Waals surface area contributed by atoms with Crippen LogP contribution >= 0.6 is 0 Å². The van der Waals surface area contributed by atoms with Crippen molar-refractivity contribution in [2.45, 2.75) is 24.5 Å². The molecule has 0 aromatic rings. The summed E-state index contributed by atoms with van der Waals surface area (Å²) in [6.45, 7) is 1.37. The van der Waals surface area contributed by atoms with E-state index in [4.69, 9.17) is 5.73 Å². The molecule has 58 valence electrons. The van der Waals surface area contributed by atoms with Crippen LogP contribution in [0.2, 0.25) is 0 Å². The van der Waals surface area contributed by atoms with Crippen molar-refractivity contribution in [1.29, 1.82) is 0 Å². The Morgan fingerprint density at radius 1 is 1.50 bits per heavy atom. The van der Waals surface area contributed by atoms with E-state index >= 15 is 0 Å². The van der Waals surface area contributed by atoms with Gasteiger partial charge in [-0.1, -0.05) is 0 Å². The zero-order chi connectivity index (χ0) is 7.19. The average molecular weight is 142 g/mol. The number of hydrogen-bond donors (Lipinski definition) is 3. The standard InChI is InChI=1S/C7H14N2O/c8-6(5-1-2-5)7(10)3-9-4-7/h5-6,9-10H,1-4,8H2. The van der Waals surface area contributed by atoms with Crippen LogP contribution in [0.15, 0.2) is 0 Å². The van der Waals surface area contributed by atoms with Gasteiger partial charge in [0, 0.05) is 19.1 Å². The smallest absolute Gasteiger partial charge is 0.105 e. The van der Waals surface area contributed by atoms with E-state index < -0.39 is 5.60 Å². The Hall–Kier alpha value is -0.120. The summed E-state index contributed by atoms with van der Waals surface area (Å²) in [7, 11) is 0. The summed E-state index contributed by atoms with van der Waals surface area (Å²) in [5, 5.41) is 12.7. The second-order valence-corrected chi connectivity index (χ2v) is 3.57. The lowest BCUT2D eigenvalue weighted by Gasteiger charge is -2.42. The van der Waals surface area contributed by atoms with Crippen LogP contribution in [-0.2, 0) is 0 Å². The summed E-state index contributed by atoms with van der Waals surface area (Å²) in [6, 6.07) is 0.0220. The average Bonchev–Trinajstić information content (AvgIpc) is 2.62. The third kappa shape index (κ3) is 0.856. The molecule has 1 saturated heterocycles. The molecule has 2 fully saturated rings. The number of β-amino-alcohol motifs (C(OH)–C–C–N with tert-alkyl or cyclic N) is 1. The molecule has 1 aliphatic carbocycles. The molecule has 2 aliphatic rings. The Labute approximate surface area is 60.6 Å². The van der Waals surface area contributed by atoms with Gasteiger partial charge in [0.05, 0.1) is 0 Å². The van der Waals surface area contributed by atoms with E-state index in [2.05, 4.69) is 5.32 Å². The van der Waals surface area contributed by atoms with Crippen LogP contribution in [0.4, 0.5) is 0 Å². The van der Waals surface area contributed by atoms with Gasteiger partial charge in [0.1, 0.15) is 5.60 Å². The van der Waals surface area contributed by atoms with Gasteiger partial charge in [-0.2, -0.15) is 0 Å². The van der Waals surface area contributed by atoms with Crippen molar-refractivity contribution in [1.82, 2.24) is 5.32 Å². The van der Waals surface area contributed by atoms with Crippen molar-refractivity contribution in [2.75, 3.05) is 13.1 Å². The fourth-order valence-corrected chi connectivity index (χ4v) is 1.51. The Kier molecular flexibility index (Phi) is 1.27. The number of nitrogens with two attached hydrogens (primary N) is 1. The first-order valence-corrected chi connectivity index (χ1v) is 3.91. The van der Waals surface area contributed by atoms with Gasteiger partial charge in [0.25, 0.3) is 0 Å². The predicted molar refractivity (Wildman–Crippen MR) is 38.5 cm³/mol. The van der Waals surface area contributed by atoms with Gasteiger partial charge in [0.2, 0.25) is 0 Å². The highest BCUT2D eigenvalue weighted by molar-refractivity contribution is 5.05. The second kappa shape index (κ2) is 1.94. The van der Waals surface area contributed by atoms with Gasteiger partial charge >= 0.3 is 0 Å². The summed E-state index contributed by atoms with van der Waals surface area (Å²) in [6.07, 6.45) is 2.42. The lowest BCUT2D eigenvalue weighted by molar-refractivity contribution is -0.0379. The molecular weight excluding hydrogens is 128 g/mol. The van der Waals surface area contributed by atoms with E-state index in [-0.39, 0.29) is 6.04 Å². The fourth-order valence-electron chi connectivity index (χ4n) is 1.51. The number of hydrogen-bond acceptors (Lipinski definition) is 3. The van der Waals surface area contributed by atoms with Crippen molar-refractivity contribution in [2.24, 2.45) is 11.7 Å². The minimum atomic E-state index is -0.568. The molecular formula is C7H14N2O. The summed E-state index contributed by atoms with van der Waals surface area (Å²) in [4.78, 5) is 0. The number of aliphatic hydroxyl groups is 1. The van der Waals surface area contributed by atoms with E-state index in [9.17, 15) is 5.11 Å². The quantitative estimate of drug-likeness (QED) is 0.466. The maximum absolute atomic E-state index is 9.70. The first-order chi connectivity index (χ1) is 4.72. The molecule has 0 spiro atoms. The van der Waals surface area contributed by atoms with Crippen LogP contribution in [-0.4, -0.2) is 29.8 Å². The Bertz CT molecular complexity index is 141. The molecule has 1 aliphatic heterocycles. The van der Waals surface area contributed by atoms with Crippen LogP contribution in [0.5, 0.6) is 0 Å². The minimum Gasteiger partial charge on any atom is -0.386 e. The topological polar surface area (TPSA) is 58.3 Å². The summed E-state index contributed by atoms with van der Waals surface area (Å²) < 4.78 is 0. The maximum atomic E-state index is 9.70. The molecule has 3 nitrogen and oxygen atoms in total. The lowest BCUT2D eigenvalue weighted by Crippen LogP contribution is -2.68. The summed E-state index contributed by atoms with van der Waals surface area (Å²) >= 11 is 0. The molecule has 1 heterocycles. The van der Waals surface area contributed by atoms with E-state index in [1.807, 2.05) is 0 Å². The van der Waals surface area contributed by atoms with Crippen molar-refractivity contribution in [3.8, 4) is 0 Å². The van der Waals surface area contributed by atoms with E-state index in [1.54, 1.807) is 0 Å². The summed E-state index contributed by atoms with van der Waals surface area (Å²) in [5.41, 5.74) is 5.26. The highest BCUT2D eigenvalue weighted by Crippen LogP contribution is 2.37. The predicted octanol–water partition coefficient (Wildman–Crippen LogP) is -0.942. The molecule has 1 unspecified atom stereocenters. The Morgan fingerprint density at radius 2 is 2.10 bits per heavy atom. The highest BCUT2D eigenvalue weighted by atomic mass is 16.3. The number of nitrogens with one attached hydrogen (secondary N) is 1. The molecule has 1 atom stereocenters.